The largest absolute Gasteiger partial charge is 0.506 e. The van der Waals surface area contributed by atoms with Crippen LogP contribution in [0, 0.1) is 13.8 Å². The zero-order chi connectivity index (χ0) is 11.9. The van der Waals surface area contributed by atoms with E-state index < -0.39 is 5.54 Å². The zero-order valence-electron chi connectivity index (χ0n) is 9.17. The lowest BCUT2D eigenvalue weighted by atomic mass is 9.98. The molecule has 1 aliphatic carbocycles. The first-order valence-corrected chi connectivity index (χ1v) is 5.89. The lowest BCUT2D eigenvalue weighted by Crippen LogP contribution is -2.04. The lowest BCUT2D eigenvalue weighted by molar-refractivity contribution is 0.455. The van der Waals surface area contributed by atoms with Crippen molar-refractivity contribution in [1.82, 2.24) is 0 Å². The van der Waals surface area contributed by atoms with E-state index in [1.165, 1.54) is 0 Å². The summed E-state index contributed by atoms with van der Waals surface area (Å²) in [6.45, 7) is 3.91. The van der Waals surface area contributed by atoms with Crippen LogP contribution in [0.15, 0.2) is 15.5 Å². The summed E-state index contributed by atoms with van der Waals surface area (Å²) in [6, 6.07) is 1.91. The number of hydrogen-bond donors (Lipinski definition) is 1. The highest BCUT2D eigenvalue weighted by atomic mass is 79.9. The molecule has 16 heavy (non-hydrogen) atoms. The second-order valence-corrected chi connectivity index (χ2v) is 5.06. The molecule has 0 heterocycles. The number of halogens is 1. The fourth-order valence-corrected chi connectivity index (χ4v) is 2.39. The van der Waals surface area contributed by atoms with E-state index in [2.05, 4.69) is 20.9 Å². The molecule has 4 heteroatoms. The predicted molar refractivity (Wildman–Crippen MR) is 64.3 cm³/mol. The summed E-state index contributed by atoms with van der Waals surface area (Å²) >= 11 is 3.36. The van der Waals surface area contributed by atoms with Crippen LogP contribution >= 0.6 is 15.9 Å². The van der Waals surface area contributed by atoms with E-state index in [-0.39, 0.29) is 5.75 Å². The van der Waals surface area contributed by atoms with Gasteiger partial charge in [0.05, 0.1) is 4.47 Å². The van der Waals surface area contributed by atoms with Crippen molar-refractivity contribution in [3.05, 3.63) is 27.2 Å². The van der Waals surface area contributed by atoms with Crippen LogP contribution in [-0.2, 0) is 10.3 Å². The van der Waals surface area contributed by atoms with Crippen LogP contribution < -0.4 is 0 Å². The predicted octanol–water partition coefficient (Wildman–Crippen LogP) is 3.10. The molecule has 1 N–H and O–H groups in total. The van der Waals surface area contributed by atoms with Crippen LogP contribution in [0.25, 0.3) is 0 Å². The summed E-state index contributed by atoms with van der Waals surface area (Å²) in [7, 11) is 0. The van der Waals surface area contributed by atoms with Crippen molar-refractivity contribution in [2.45, 2.75) is 32.2 Å². The van der Waals surface area contributed by atoms with Crippen LogP contribution in [0.2, 0.25) is 0 Å². The second kappa shape index (κ2) is 3.72. The van der Waals surface area contributed by atoms with Crippen molar-refractivity contribution >= 4 is 22.0 Å². The minimum absolute atomic E-state index is 0.194. The molecule has 0 radical (unpaired) electrons. The van der Waals surface area contributed by atoms with Gasteiger partial charge in [0.2, 0.25) is 6.08 Å². The topological polar surface area (TPSA) is 49.7 Å². The Morgan fingerprint density at radius 3 is 2.62 bits per heavy atom. The number of phenolic OH excluding ortho intramolecular Hbond substituents is 1. The lowest BCUT2D eigenvalue weighted by Gasteiger charge is -2.15. The number of aromatic hydroxyl groups is 1. The Labute approximate surface area is 102 Å². The third-order valence-electron chi connectivity index (χ3n) is 3.23. The highest BCUT2D eigenvalue weighted by molar-refractivity contribution is 9.10. The van der Waals surface area contributed by atoms with Gasteiger partial charge in [-0.05, 0) is 59.8 Å². The average Bonchev–Trinajstić information content (AvgIpc) is 3.02. The number of hydrogen-bond acceptors (Lipinski definition) is 3. The maximum Gasteiger partial charge on any atom is 0.235 e. The first-order chi connectivity index (χ1) is 7.52. The number of benzene rings is 1. The van der Waals surface area contributed by atoms with E-state index in [0.717, 1.165) is 29.5 Å². The number of aryl methyl sites for hydroxylation is 1. The van der Waals surface area contributed by atoms with Crippen LogP contribution in [-0.4, -0.2) is 11.2 Å². The van der Waals surface area contributed by atoms with Gasteiger partial charge in [-0.3, -0.25) is 0 Å². The Kier molecular flexibility index (Phi) is 2.64. The number of nitrogens with zero attached hydrogens (tertiary/aromatic N) is 1. The van der Waals surface area contributed by atoms with E-state index in [1.807, 2.05) is 19.9 Å². The summed E-state index contributed by atoms with van der Waals surface area (Å²) in [5.74, 6) is 0.194. The maximum atomic E-state index is 10.4. The van der Waals surface area contributed by atoms with Crippen molar-refractivity contribution in [3.63, 3.8) is 0 Å². The van der Waals surface area contributed by atoms with E-state index >= 15 is 0 Å². The number of rotatable bonds is 2. The van der Waals surface area contributed by atoms with Crippen molar-refractivity contribution in [1.29, 1.82) is 0 Å². The molecule has 0 atom stereocenters. The molecule has 0 unspecified atom stereocenters. The molecule has 1 aromatic rings. The zero-order valence-corrected chi connectivity index (χ0v) is 10.8. The molecule has 1 fully saturated rings. The molecule has 0 bridgehead atoms. The molecule has 0 spiro atoms. The van der Waals surface area contributed by atoms with E-state index in [1.54, 1.807) is 6.08 Å². The smallest absolute Gasteiger partial charge is 0.235 e. The highest BCUT2D eigenvalue weighted by Crippen LogP contribution is 2.54. The third kappa shape index (κ3) is 1.58. The molecule has 0 saturated heterocycles. The van der Waals surface area contributed by atoms with Crippen molar-refractivity contribution in [2.24, 2.45) is 4.99 Å². The van der Waals surface area contributed by atoms with Gasteiger partial charge in [-0.25, -0.2) is 4.79 Å². The third-order valence-corrected chi connectivity index (χ3v) is 4.20. The molecular formula is C12H12BrNO2. The Morgan fingerprint density at radius 1 is 1.50 bits per heavy atom. The van der Waals surface area contributed by atoms with Crippen LogP contribution in [0.5, 0.6) is 5.75 Å². The number of isocyanates is 1. The van der Waals surface area contributed by atoms with Gasteiger partial charge in [-0.2, -0.15) is 4.99 Å². The first-order valence-electron chi connectivity index (χ1n) is 5.10. The monoisotopic (exact) mass is 281 g/mol. The van der Waals surface area contributed by atoms with E-state index in [9.17, 15) is 9.90 Å². The fraction of sp³-hybridized carbons (Fsp3) is 0.417. The van der Waals surface area contributed by atoms with Gasteiger partial charge >= 0.3 is 0 Å². The SMILES string of the molecule is Cc1cc(C2(N=C=O)CC2)c(O)c(Br)c1C. The van der Waals surface area contributed by atoms with E-state index in [4.69, 9.17) is 0 Å². The first kappa shape index (κ1) is 11.4. The van der Waals surface area contributed by atoms with E-state index in [0.29, 0.717) is 4.47 Å². The quantitative estimate of drug-likeness (QED) is 0.669. The molecule has 0 amide bonds. The van der Waals surface area contributed by atoms with Gasteiger partial charge in [0.15, 0.2) is 0 Å². The molecule has 0 aromatic heterocycles. The van der Waals surface area contributed by atoms with Crippen molar-refractivity contribution < 1.29 is 9.90 Å². The second-order valence-electron chi connectivity index (χ2n) is 4.26. The van der Waals surface area contributed by atoms with Gasteiger partial charge in [0.1, 0.15) is 11.3 Å². The Morgan fingerprint density at radius 2 is 2.12 bits per heavy atom. The summed E-state index contributed by atoms with van der Waals surface area (Å²) in [5, 5.41) is 10.1. The minimum atomic E-state index is -0.521. The Hall–Kier alpha value is -1.12. The summed E-state index contributed by atoms with van der Waals surface area (Å²) in [5.41, 5.74) is 2.29. The average molecular weight is 282 g/mol. The van der Waals surface area contributed by atoms with Crippen LogP contribution in [0.1, 0.15) is 29.5 Å². The number of phenols is 1. The molecule has 2 rings (SSSR count). The number of aliphatic imine (C=N–C) groups is 1. The normalized spacial score (nSPS) is 16.7. The highest BCUT2D eigenvalue weighted by Gasteiger charge is 2.47. The number of carbonyl (C=O) groups excluding carboxylic acids is 1. The van der Waals surface area contributed by atoms with Gasteiger partial charge in [-0.15, -0.1) is 0 Å². The van der Waals surface area contributed by atoms with Crippen LogP contribution in [0.3, 0.4) is 0 Å². The molecule has 0 aliphatic heterocycles. The standard InChI is InChI=1S/C12H12BrNO2/c1-7-5-9(11(16)10(13)8(7)2)12(3-4-12)14-6-15/h5,16H,3-4H2,1-2H3. The van der Waals surface area contributed by atoms with Gasteiger partial charge < -0.3 is 5.11 Å². The maximum absolute atomic E-state index is 10.4. The molecule has 1 aliphatic rings. The summed E-state index contributed by atoms with van der Waals surface area (Å²) in [6.07, 6.45) is 3.19. The minimum Gasteiger partial charge on any atom is -0.506 e. The van der Waals surface area contributed by atoms with Crippen molar-refractivity contribution in [3.8, 4) is 5.75 Å². The summed E-state index contributed by atoms with van der Waals surface area (Å²) < 4.78 is 0.690. The molecule has 3 nitrogen and oxygen atoms in total. The van der Waals surface area contributed by atoms with Crippen molar-refractivity contribution in [2.75, 3.05) is 0 Å². The summed E-state index contributed by atoms with van der Waals surface area (Å²) in [4.78, 5) is 14.2. The Balaban J connectivity index is 2.63. The molecule has 1 aromatic carbocycles. The molecular weight excluding hydrogens is 270 g/mol. The van der Waals surface area contributed by atoms with Gasteiger partial charge in [0.25, 0.3) is 0 Å². The molecule has 1 saturated carbocycles. The van der Waals surface area contributed by atoms with Crippen LogP contribution in [0.4, 0.5) is 0 Å². The molecule has 84 valence electrons. The van der Waals surface area contributed by atoms with Gasteiger partial charge in [-0.1, -0.05) is 0 Å². The van der Waals surface area contributed by atoms with Gasteiger partial charge in [0, 0.05) is 5.56 Å². The fourth-order valence-electron chi connectivity index (χ4n) is 1.86. The Bertz CT molecular complexity index is 500.